The van der Waals surface area contributed by atoms with E-state index in [1.165, 1.54) is 4.90 Å². The van der Waals surface area contributed by atoms with E-state index in [1.807, 2.05) is 6.07 Å². The number of hydrogen-bond acceptors (Lipinski definition) is 3. The molecule has 1 heterocycles. The first-order chi connectivity index (χ1) is 12.0. The first kappa shape index (κ1) is 17.0. The second-order valence-electron chi connectivity index (χ2n) is 6.01. The third kappa shape index (κ3) is 3.50. The van der Waals surface area contributed by atoms with Crippen LogP contribution in [-0.4, -0.2) is 21.8 Å². The molecule has 0 aliphatic carbocycles. The van der Waals surface area contributed by atoms with Crippen LogP contribution < -0.4 is 0 Å². The maximum Gasteiger partial charge on any atom is 0.237 e. The van der Waals surface area contributed by atoms with Gasteiger partial charge >= 0.3 is 0 Å². The Morgan fingerprint density at radius 2 is 1.88 bits per heavy atom. The normalized spacial score (nSPS) is 20.6. The molecule has 3 rings (SSSR count). The molecular formula is C18H16F2N2O3. The van der Waals surface area contributed by atoms with Gasteiger partial charge in [0.05, 0.1) is 0 Å². The second kappa shape index (κ2) is 6.96. The van der Waals surface area contributed by atoms with Crippen molar-refractivity contribution in [2.75, 3.05) is 0 Å². The van der Waals surface area contributed by atoms with Crippen molar-refractivity contribution in [1.82, 2.24) is 4.90 Å². The molecule has 1 aliphatic rings. The van der Waals surface area contributed by atoms with Crippen LogP contribution in [0.5, 0.6) is 0 Å². The van der Waals surface area contributed by atoms with Crippen LogP contribution in [0.1, 0.15) is 30.0 Å². The molecule has 5 nitrogen and oxygen atoms in total. The Morgan fingerprint density at radius 1 is 1.16 bits per heavy atom. The molecule has 1 amide bonds. The van der Waals surface area contributed by atoms with Crippen LogP contribution in [0.3, 0.4) is 0 Å². The van der Waals surface area contributed by atoms with Gasteiger partial charge in [0.2, 0.25) is 11.9 Å². The van der Waals surface area contributed by atoms with Crippen LogP contribution >= 0.6 is 0 Å². The van der Waals surface area contributed by atoms with Crippen molar-refractivity contribution < 1.29 is 18.5 Å². The minimum atomic E-state index is -1.18. The molecule has 1 fully saturated rings. The summed E-state index contributed by atoms with van der Waals surface area (Å²) in [5, 5.41) is 11.5. The van der Waals surface area contributed by atoms with Crippen LogP contribution in [0.2, 0.25) is 0 Å². The molecule has 25 heavy (non-hydrogen) atoms. The summed E-state index contributed by atoms with van der Waals surface area (Å²) in [5.74, 6) is -1.77. The average Bonchev–Trinajstić information content (AvgIpc) is 2.59. The van der Waals surface area contributed by atoms with Gasteiger partial charge in [0.25, 0.3) is 0 Å². The average molecular weight is 346 g/mol. The molecule has 1 aliphatic heterocycles. The summed E-state index contributed by atoms with van der Waals surface area (Å²) in [6.07, 6.45) is 0.00363. The van der Waals surface area contributed by atoms with Crippen LogP contribution in [0.25, 0.3) is 0 Å². The van der Waals surface area contributed by atoms with Gasteiger partial charge in [0.1, 0.15) is 17.7 Å². The summed E-state index contributed by atoms with van der Waals surface area (Å²) in [4.78, 5) is 24.7. The Labute approximate surface area is 143 Å². The van der Waals surface area contributed by atoms with Crippen molar-refractivity contribution in [2.45, 2.75) is 31.5 Å². The van der Waals surface area contributed by atoms with Gasteiger partial charge in [-0.1, -0.05) is 30.3 Å². The molecule has 0 saturated carbocycles. The summed E-state index contributed by atoms with van der Waals surface area (Å²) in [6.45, 7) is 0.102. The number of likely N-dealkylation sites (tertiary alicyclic amines) is 1. The van der Waals surface area contributed by atoms with E-state index in [1.54, 1.807) is 24.3 Å². The van der Waals surface area contributed by atoms with Crippen molar-refractivity contribution >= 4 is 5.91 Å². The summed E-state index contributed by atoms with van der Waals surface area (Å²) >= 11 is 0. The zero-order valence-corrected chi connectivity index (χ0v) is 13.3. The summed E-state index contributed by atoms with van der Waals surface area (Å²) in [6, 6.07) is 9.43. The SMILES string of the molecule is O=C1CCC([N+](=O)[O-])C(c2cc(F)ccc2F)N1Cc1ccccc1. The molecule has 0 spiro atoms. The van der Waals surface area contributed by atoms with Crippen LogP contribution in [0, 0.1) is 21.7 Å². The van der Waals surface area contributed by atoms with Crippen LogP contribution in [0.15, 0.2) is 48.5 Å². The van der Waals surface area contributed by atoms with Crippen molar-refractivity contribution in [2.24, 2.45) is 0 Å². The number of piperidine rings is 1. The molecule has 2 atom stereocenters. The van der Waals surface area contributed by atoms with E-state index in [0.29, 0.717) is 0 Å². The Hall–Kier alpha value is -2.83. The van der Waals surface area contributed by atoms with Gasteiger partial charge in [-0.15, -0.1) is 0 Å². The second-order valence-corrected chi connectivity index (χ2v) is 6.01. The zero-order valence-electron chi connectivity index (χ0n) is 13.3. The molecule has 2 aromatic rings. The molecule has 0 radical (unpaired) electrons. The molecule has 0 aromatic heterocycles. The Morgan fingerprint density at radius 3 is 2.56 bits per heavy atom. The van der Waals surface area contributed by atoms with E-state index < -0.39 is 28.6 Å². The summed E-state index contributed by atoms with van der Waals surface area (Å²) in [5.41, 5.74) is 0.604. The first-order valence-corrected chi connectivity index (χ1v) is 7.89. The quantitative estimate of drug-likeness (QED) is 0.629. The van der Waals surface area contributed by atoms with Crippen molar-refractivity contribution in [3.05, 3.63) is 81.4 Å². The fourth-order valence-corrected chi connectivity index (χ4v) is 3.24. The predicted octanol–water partition coefficient (Wildman–Crippen LogP) is 3.47. The number of benzene rings is 2. The van der Waals surface area contributed by atoms with E-state index in [2.05, 4.69) is 0 Å². The third-order valence-electron chi connectivity index (χ3n) is 4.42. The number of hydrogen-bond donors (Lipinski definition) is 0. The lowest BCUT2D eigenvalue weighted by atomic mass is 9.89. The standard InChI is InChI=1S/C18H16F2N2O3/c19-13-6-7-15(20)14(10-13)18-16(22(24)25)8-9-17(23)21(18)11-12-4-2-1-3-5-12/h1-7,10,16,18H,8-9,11H2. The number of carbonyl (C=O) groups excluding carboxylic acids is 1. The largest absolute Gasteiger partial charge is 0.324 e. The van der Waals surface area contributed by atoms with Gasteiger partial charge in [0, 0.05) is 29.9 Å². The molecule has 0 bridgehead atoms. The van der Waals surface area contributed by atoms with Crippen LogP contribution in [0.4, 0.5) is 8.78 Å². The Bertz CT molecular complexity index is 798. The number of carbonyl (C=O) groups is 1. The number of nitrogens with zero attached hydrogens (tertiary/aromatic N) is 2. The number of rotatable bonds is 4. The lowest BCUT2D eigenvalue weighted by Crippen LogP contribution is -2.48. The minimum Gasteiger partial charge on any atom is -0.324 e. The highest BCUT2D eigenvalue weighted by atomic mass is 19.1. The minimum absolute atomic E-state index is 0.00224. The van der Waals surface area contributed by atoms with Gasteiger partial charge in [0.15, 0.2) is 0 Å². The summed E-state index contributed by atoms with van der Waals surface area (Å²) in [7, 11) is 0. The first-order valence-electron chi connectivity index (χ1n) is 7.89. The highest BCUT2D eigenvalue weighted by Crippen LogP contribution is 2.36. The Balaban J connectivity index is 2.06. The fraction of sp³-hybridized carbons (Fsp3) is 0.278. The molecule has 2 unspecified atom stereocenters. The van der Waals surface area contributed by atoms with E-state index >= 15 is 0 Å². The Kier molecular flexibility index (Phi) is 4.74. The molecule has 0 N–H and O–H groups in total. The molecule has 1 saturated heterocycles. The summed E-state index contributed by atoms with van der Waals surface area (Å²) < 4.78 is 27.9. The van der Waals surface area contributed by atoms with Gasteiger partial charge in [-0.25, -0.2) is 8.78 Å². The van der Waals surface area contributed by atoms with E-state index in [9.17, 15) is 23.7 Å². The van der Waals surface area contributed by atoms with Gasteiger partial charge < -0.3 is 4.90 Å². The zero-order chi connectivity index (χ0) is 18.0. The third-order valence-corrected chi connectivity index (χ3v) is 4.42. The highest BCUT2D eigenvalue weighted by molar-refractivity contribution is 5.78. The number of nitro groups is 1. The van der Waals surface area contributed by atoms with Crippen molar-refractivity contribution in [3.8, 4) is 0 Å². The monoisotopic (exact) mass is 346 g/mol. The van der Waals surface area contributed by atoms with E-state index in [4.69, 9.17) is 0 Å². The molecule has 130 valence electrons. The smallest absolute Gasteiger partial charge is 0.237 e. The highest BCUT2D eigenvalue weighted by Gasteiger charge is 2.45. The van der Waals surface area contributed by atoms with Crippen molar-refractivity contribution in [1.29, 1.82) is 0 Å². The molecule has 2 aromatic carbocycles. The lowest BCUT2D eigenvalue weighted by Gasteiger charge is -2.37. The van der Waals surface area contributed by atoms with Gasteiger partial charge in [-0.05, 0) is 23.8 Å². The van der Waals surface area contributed by atoms with E-state index in [-0.39, 0.29) is 30.9 Å². The number of halogens is 2. The topological polar surface area (TPSA) is 63.4 Å². The fourth-order valence-electron chi connectivity index (χ4n) is 3.24. The lowest BCUT2D eigenvalue weighted by molar-refractivity contribution is -0.534. The molecule has 7 heteroatoms. The van der Waals surface area contributed by atoms with Gasteiger partial charge in [-0.2, -0.15) is 0 Å². The maximum absolute atomic E-state index is 14.3. The van der Waals surface area contributed by atoms with Crippen molar-refractivity contribution in [3.63, 3.8) is 0 Å². The number of amides is 1. The van der Waals surface area contributed by atoms with Crippen LogP contribution in [-0.2, 0) is 11.3 Å². The van der Waals surface area contributed by atoms with Gasteiger partial charge in [-0.3, -0.25) is 14.9 Å². The van der Waals surface area contributed by atoms with E-state index in [0.717, 1.165) is 23.8 Å². The maximum atomic E-state index is 14.3. The predicted molar refractivity (Wildman–Crippen MR) is 86.1 cm³/mol. The molecular weight excluding hydrogens is 330 g/mol.